The van der Waals surface area contributed by atoms with Crippen LogP contribution in [0, 0.1) is 6.92 Å². The molecule has 7 nitrogen and oxygen atoms in total. The summed E-state index contributed by atoms with van der Waals surface area (Å²) in [5.74, 6) is 0.554. The normalized spacial score (nSPS) is 15.7. The summed E-state index contributed by atoms with van der Waals surface area (Å²) >= 11 is 7.16. The van der Waals surface area contributed by atoms with Crippen molar-refractivity contribution < 1.29 is 28.6 Å². The van der Waals surface area contributed by atoms with Gasteiger partial charge in [-0.05, 0) is 66.2 Å². The fraction of sp³-hybridized carbons (Fsp3) is 0.115. The number of amides is 2. The van der Waals surface area contributed by atoms with Crippen LogP contribution in [0.1, 0.15) is 27.0 Å². The maximum absolute atomic E-state index is 12.9. The molecule has 0 spiro atoms. The summed E-state index contributed by atoms with van der Waals surface area (Å²) in [6.07, 6.45) is 1.62. The Morgan fingerprint density at radius 2 is 1.74 bits per heavy atom. The van der Waals surface area contributed by atoms with Crippen LogP contribution >= 0.6 is 23.4 Å². The number of benzene rings is 3. The van der Waals surface area contributed by atoms with Crippen LogP contribution in [-0.4, -0.2) is 28.8 Å². The van der Waals surface area contributed by atoms with Crippen LogP contribution < -0.4 is 14.2 Å². The van der Waals surface area contributed by atoms with Crippen LogP contribution in [0.15, 0.2) is 65.6 Å². The van der Waals surface area contributed by atoms with Gasteiger partial charge in [-0.3, -0.25) is 14.5 Å². The van der Waals surface area contributed by atoms with Gasteiger partial charge in [0.05, 0.1) is 17.0 Å². The van der Waals surface area contributed by atoms with Crippen molar-refractivity contribution in [3.63, 3.8) is 0 Å². The Bertz CT molecular complexity index is 1370. The zero-order chi connectivity index (χ0) is 24.5. The van der Waals surface area contributed by atoms with E-state index >= 15 is 0 Å². The molecule has 0 N–H and O–H groups in total. The van der Waals surface area contributed by atoms with Crippen molar-refractivity contribution in [1.82, 2.24) is 4.90 Å². The number of hydrogen-bond acceptors (Lipinski definition) is 7. The molecule has 0 radical (unpaired) electrons. The predicted octanol–water partition coefficient (Wildman–Crippen LogP) is 5.83. The highest BCUT2D eigenvalue weighted by atomic mass is 35.5. The molecule has 1 fully saturated rings. The quantitative estimate of drug-likeness (QED) is 0.244. The number of esters is 1. The second kappa shape index (κ2) is 9.48. The standard InChI is InChI=1S/C26H18ClNO6S/c1-15-2-6-17(7-3-15)25(30)34-19-8-4-16(5-9-19)10-23-24(29)28(26(31)35-23)13-18-11-21-22(12-20(18)27)33-14-32-21/h2-12H,13-14H2,1H3/b23-10-. The summed E-state index contributed by atoms with van der Waals surface area (Å²) in [4.78, 5) is 39.2. The third kappa shape index (κ3) is 4.89. The van der Waals surface area contributed by atoms with Crippen molar-refractivity contribution >= 4 is 46.6 Å². The fourth-order valence-electron chi connectivity index (χ4n) is 3.53. The zero-order valence-electron chi connectivity index (χ0n) is 18.4. The number of ether oxygens (including phenoxy) is 3. The van der Waals surface area contributed by atoms with Crippen LogP contribution in [-0.2, 0) is 11.3 Å². The summed E-state index contributed by atoms with van der Waals surface area (Å²) in [5.41, 5.74) is 2.77. The van der Waals surface area contributed by atoms with Gasteiger partial charge in [0, 0.05) is 11.1 Å². The molecule has 2 heterocycles. The average molecular weight is 508 g/mol. The highest BCUT2D eigenvalue weighted by Gasteiger charge is 2.35. The number of halogens is 1. The molecule has 0 saturated carbocycles. The Kier molecular flexibility index (Phi) is 6.23. The maximum Gasteiger partial charge on any atom is 0.343 e. The predicted molar refractivity (Wildman–Crippen MR) is 132 cm³/mol. The number of carbonyl (C=O) groups excluding carboxylic acids is 3. The van der Waals surface area contributed by atoms with E-state index in [0.29, 0.717) is 39.0 Å². The van der Waals surface area contributed by atoms with Crippen LogP contribution in [0.2, 0.25) is 5.02 Å². The lowest BCUT2D eigenvalue weighted by Crippen LogP contribution is -2.27. The summed E-state index contributed by atoms with van der Waals surface area (Å²) in [6.45, 7) is 2.06. The van der Waals surface area contributed by atoms with E-state index in [1.807, 2.05) is 19.1 Å². The molecule has 0 aliphatic carbocycles. The van der Waals surface area contributed by atoms with Gasteiger partial charge < -0.3 is 14.2 Å². The van der Waals surface area contributed by atoms with Crippen LogP contribution in [0.5, 0.6) is 17.2 Å². The Balaban J connectivity index is 1.27. The second-order valence-electron chi connectivity index (χ2n) is 7.89. The van der Waals surface area contributed by atoms with E-state index in [1.165, 1.54) is 0 Å². The number of rotatable bonds is 5. The SMILES string of the molecule is Cc1ccc(C(=O)Oc2ccc(/C=C3\SC(=O)N(Cc4cc5c(cc4Cl)OCO5)C3=O)cc2)cc1. The molecule has 9 heteroatoms. The highest BCUT2D eigenvalue weighted by Crippen LogP contribution is 2.39. The van der Waals surface area contributed by atoms with Gasteiger partial charge in [-0.1, -0.05) is 41.4 Å². The molecule has 1 saturated heterocycles. The van der Waals surface area contributed by atoms with Crippen molar-refractivity contribution in [3.05, 3.63) is 92.8 Å². The van der Waals surface area contributed by atoms with Gasteiger partial charge in [-0.2, -0.15) is 0 Å². The van der Waals surface area contributed by atoms with Crippen molar-refractivity contribution in [2.75, 3.05) is 6.79 Å². The van der Waals surface area contributed by atoms with Gasteiger partial charge >= 0.3 is 5.97 Å². The van der Waals surface area contributed by atoms with E-state index in [4.69, 9.17) is 25.8 Å². The minimum Gasteiger partial charge on any atom is -0.454 e. The molecule has 3 aromatic rings. The van der Waals surface area contributed by atoms with Crippen molar-refractivity contribution in [1.29, 1.82) is 0 Å². The lowest BCUT2D eigenvalue weighted by molar-refractivity contribution is -0.123. The Morgan fingerprint density at radius 1 is 1.06 bits per heavy atom. The Morgan fingerprint density at radius 3 is 2.46 bits per heavy atom. The van der Waals surface area contributed by atoms with E-state index in [9.17, 15) is 14.4 Å². The van der Waals surface area contributed by atoms with E-state index in [1.54, 1.807) is 54.6 Å². The lowest BCUT2D eigenvalue weighted by atomic mass is 10.1. The number of hydrogen-bond donors (Lipinski definition) is 0. The number of thioether (sulfide) groups is 1. The fourth-order valence-corrected chi connectivity index (χ4v) is 4.58. The molecule has 35 heavy (non-hydrogen) atoms. The number of nitrogens with zero attached hydrogens (tertiary/aromatic N) is 1. The van der Waals surface area contributed by atoms with Gasteiger partial charge in [0.2, 0.25) is 6.79 Å². The first-order valence-electron chi connectivity index (χ1n) is 10.6. The van der Waals surface area contributed by atoms with Gasteiger partial charge in [-0.15, -0.1) is 0 Å². The molecular formula is C26H18ClNO6S. The second-order valence-corrected chi connectivity index (χ2v) is 9.29. The van der Waals surface area contributed by atoms with Crippen LogP contribution in [0.4, 0.5) is 4.79 Å². The summed E-state index contributed by atoms with van der Waals surface area (Å²) in [7, 11) is 0. The molecule has 5 rings (SSSR count). The average Bonchev–Trinajstić information content (AvgIpc) is 3.40. The van der Waals surface area contributed by atoms with E-state index in [2.05, 4.69) is 0 Å². The molecule has 0 atom stereocenters. The maximum atomic E-state index is 12.9. The van der Waals surface area contributed by atoms with Crippen molar-refractivity contribution in [3.8, 4) is 17.2 Å². The smallest absolute Gasteiger partial charge is 0.343 e. The van der Waals surface area contributed by atoms with Gasteiger partial charge in [0.25, 0.3) is 11.1 Å². The molecule has 2 aliphatic rings. The molecule has 2 amide bonds. The van der Waals surface area contributed by atoms with Crippen molar-refractivity contribution in [2.45, 2.75) is 13.5 Å². The molecule has 176 valence electrons. The van der Waals surface area contributed by atoms with Crippen LogP contribution in [0.25, 0.3) is 6.08 Å². The molecule has 0 unspecified atom stereocenters. The number of carbonyl (C=O) groups is 3. The first-order valence-corrected chi connectivity index (χ1v) is 11.8. The van der Waals surface area contributed by atoms with Crippen molar-refractivity contribution in [2.24, 2.45) is 0 Å². The van der Waals surface area contributed by atoms with E-state index in [0.717, 1.165) is 22.2 Å². The molecule has 0 aromatic heterocycles. The Hall–Kier alpha value is -3.75. The highest BCUT2D eigenvalue weighted by molar-refractivity contribution is 8.18. The topological polar surface area (TPSA) is 82.1 Å². The van der Waals surface area contributed by atoms with E-state index in [-0.39, 0.29) is 18.2 Å². The largest absolute Gasteiger partial charge is 0.454 e. The molecule has 3 aromatic carbocycles. The van der Waals surface area contributed by atoms with E-state index < -0.39 is 17.1 Å². The summed E-state index contributed by atoms with van der Waals surface area (Å²) < 4.78 is 16.1. The van der Waals surface area contributed by atoms with Crippen LogP contribution in [0.3, 0.4) is 0 Å². The minimum absolute atomic E-state index is 0.0192. The molecule has 0 bridgehead atoms. The first kappa shape index (κ1) is 23.0. The number of fused-ring (bicyclic) bond motifs is 1. The minimum atomic E-state index is -0.457. The summed E-state index contributed by atoms with van der Waals surface area (Å²) in [6, 6.07) is 17.1. The zero-order valence-corrected chi connectivity index (χ0v) is 20.0. The first-order chi connectivity index (χ1) is 16.9. The third-order valence-corrected chi connectivity index (χ3v) is 6.68. The molecular weight excluding hydrogens is 490 g/mol. The Labute approximate surface area is 210 Å². The van der Waals surface area contributed by atoms with Gasteiger partial charge in [-0.25, -0.2) is 4.79 Å². The number of aryl methyl sites for hydroxylation is 1. The van der Waals surface area contributed by atoms with Gasteiger partial charge in [0.1, 0.15) is 5.75 Å². The lowest BCUT2D eigenvalue weighted by Gasteiger charge is -2.14. The number of imide groups is 1. The summed E-state index contributed by atoms with van der Waals surface area (Å²) in [5, 5.41) is -0.00770. The molecule has 2 aliphatic heterocycles. The third-order valence-electron chi connectivity index (χ3n) is 5.42. The van der Waals surface area contributed by atoms with Gasteiger partial charge in [0.15, 0.2) is 11.5 Å². The monoisotopic (exact) mass is 507 g/mol.